The quantitative estimate of drug-likeness (QED) is 0.0898. The van der Waals surface area contributed by atoms with Crippen LogP contribution in [0.4, 0.5) is 0 Å². The summed E-state index contributed by atoms with van der Waals surface area (Å²) >= 11 is 5.66. The molecule has 0 fully saturated rings. The number of phenols is 2. The van der Waals surface area contributed by atoms with Crippen LogP contribution in [0.5, 0.6) is 11.5 Å². The zero-order valence-corrected chi connectivity index (χ0v) is 17.2. The maximum Gasteiger partial charge on any atom is 0.326 e. The lowest BCUT2D eigenvalue weighted by Crippen LogP contribution is -2.51. The summed E-state index contributed by atoms with van der Waals surface area (Å²) in [5.41, 5.74) is 5.12. The fraction of sp³-hybridized carbons (Fsp3) is 0.444. The molecule has 1 aromatic carbocycles. The summed E-state index contributed by atoms with van der Waals surface area (Å²) in [7, 11) is 0. The van der Waals surface area contributed by atoms with Gasteiger partial charge in [-0.25, -0.2) is 9.86 Å². The van der Waals surface area contributed by atoms with Gasteiger partial charge in [0.1, 0.15) is 12.1 Å². The lowest BCUT2D eigenvalue weighted by molar-refractivity contribution is -0.150. The van der Waals surface area contributed by atoms with E-state index in [0.717, 1.165) is 6.07 Å². The topological polar surface area (TPSA) is 203 Å². The normalized spacial score (nSPS) is 12.5. The van der Waals surface area contributed by atoms with Gasteiger partial charge < -0.3 is 31.7 Å². The van der Waals surface area contributed by atoms with E-state index in [9.17, 15) is 34.5 Å². The molecule has 1 aromatic rings. The molecule has 1 rings (SSSR count). The average molecular weight is 461 g/mol. The van der Waals surface area contributed by atoms with Crippen LogP contribution in [0.15, 0.2) is 12.1 Å². The molecule has 0 saturated heterocycles. The molecule has 2 unspecified atom stereocenters. The average Bonchev–Trinajstić information content (AvgIpc) is 2.73. The van der Waals surface area contributed by atoms with E-state index < -0.39 is 41.4 Å². The van der Waals surface area contributed by atoms with Gasteiger partial charge in [0, 0.05) is 6.54 Å². The van der Waals surface area contributed by atoms with E-state index in [1.54, 1.807) is 0 Å². The van der Waals surface area contributed by atoms with Crippen LogP contribution in [0.3, 0.4) is 0 Å². The van der Waals surface area contributed by atoms with Gasteiger partial charge in [-0.15, -0.1) is 0 Å². The van der Waals surface area contributed by atoms with Crippen molar-refractivity contribution in [3.8, 4) is 11.5 Å². The Bertz CT molecular complexity index is 807. The second-order valence-electron chi connectivity index (χ2n) is 6.56. The summed E-state index contributed by atoms with van der Waals surface area (Å²) in [6.07, 6.45) is 0.569. The Labute approximate surface area is 182 Å². The molecule has 3 amide bonds. The van der Waals surface area contributed by atoms with Crippen molar-refractivity contribution in [1.82, 2.24) is 15.7 Å². The number of aromatic hydroxyl groups is 2. The second kappa shape index (κ2) is 12.6. The van der Waals surface area contributed by atoms with Crippen molar-refractivity contribution in [3.05, 3.63) is 22.7 Å². The van der Waals surface area contributed by atoms with E-state index in [4.69, 9.17) is 22.5 Å². The van der Waals surface area contributed by atoms with Crippen molar-refractivity contribution in [3.63, 3.8) is 0 Å². The van der Waals surface area contributed by atoms with E-state index in [0.29, 0.717) is 11.5 Å². The van der Waals surface area contributed by atoms with Crippen LogP contribution in [0.25, 0.3) is 0 Å². The first-order valence-corrected chi connectivity index (χ1v) is 9.65. The molecule has 0 spiro atoms. The highest BCUT2D eigenvalue weighted by molar-refractivity contribution is 6.32. The van der Waals surface area contributed by atoms with E-state index in [1.807, 2.05) is 0 Å². The summed E-state index contributed by atoms with van der Waals surface area (Å²) in [5, 5.41) is 42.8. The van der Waals surface area contributed by atoms with Crippen molar-refractivity contribution >= 4 is 35.8 Å². The zero-order chi connectivity index (χ0) is 23.6. The standard InChI is InChI=1S/C18H25ClN4O8/c19-11-6-5-10(14(25)15(11)26)16(27)21-12(3-1-7-20)17(28)22-13(18(29)30)4-2-8-23(31)9-24/h5-6,9,12-13,25-26,31H,1-4,7-8,20H2,(H,21,27)(H,22,28)(H,29,30). The van der Waals surface area contributed by atoms with Gasteiger partial charge in [-0.05, 0) is 44.4 Å². The Hall–Kier alpha value is -3.09. The van der Waals surface area contributed by atoms with Crippen molar-refractivity contribution in [2.24, 2.45) is 5.73 Å². The molecule has 31 heavy (non-hydrogen) atoms. The number of hydroxylamine groups is 2. The lowest BCUT2D eigenvalue weighted by Gasteiger charge is -2.22. The molecule has 0 bridgehead atoms. The summed E-state index contributed by atoms with van der Waals surface area (Å²) in [5.74, 6) is -4.50. The van der Waals surface area contributed by atoms with Crippen LogP contribution < -0.4 is 16.4 Å². The van der Waals surface area contributed by atoms with E-state index in [-0.39, 0.29) is 49.3 Å². The molecule has 0 radical (unpaired) electrons. The number of carbonyl (C=O) groups excluding carboxylic acids is 3. The Morgan fingerprint density at radius 3 is 2.32 bits per heavy atom. The van der Waals surface area contributed by atoms with Crippen molar-refractivity contribution in [2.75, 3.05) is 13.1 Å². The first-order valence-electron chi connectivity index (χ1n) is 9.27. The fourth-order valence-corrected chi connectivity index (χ4v) is 2.76. The molecular formula is C18H25ClN4O8. The summed E-state index contributed by atoms with van der Waals surface area (Å²) in [6.45, 7) is 0.0723. The number of benzene rings is 1. The second-order valence-corrected chi connectivity index (χ2v) is 6.97. The number of carboxylic acid groups (broad SMARTS) is 1. The molecule has 172 valence electrons. The predicted octanol–water partition coefficient (Wildman–Crippen LogP) is -0.214. The third kappa shape index (κ3) is 7.92. The molecule has 12 nitrogen and oxygen atoms in total. The maximum absolute atomic E-state index is 12.6. The number of aliphatic carboxylic acids is 1. The van der Waals surface area contributed by atoms with Gasteiger partial charge in [-0.3, -0.25) is 19.6 Å². The van der Waals surface area contributed by atoms with Gasteiger partial charge >= 0.3 is 5.97 Å². The van der Waals surface area contributed by atoms with Crippen LogP contribution in [-0.4, -0.2) is 75.0 Å². The largest absolute Gasteiger partial charge is 0.504 e. The highest BCUT2D eigenvalue weighted by Crippen LogP contribution is 2.35. The van der Waals surface area contributed by atoms with Gasteiger partial charge in [0.2, 0.25) is 12.3 Å². The number of rotatable bonds is 13. The molecule has 0 aliphatic carbocycles. The lowest BCUT2D eigenvalue weighted by atomic mass is 10.1. The zero-order valence-electron chi connectivity index (χ0n) is 16.5. The first-order chi connectivity index (χ1) is 14.6. The molecule has 8 N–H and O–H groups in total. The third-order valence-electron chi connectivity index (χ3n) is 4.28. The van der Waals surface area contributed by atoms with Gasteiger partial charge in [-0.1, -0.05) is 11.6 Å². The molecule has 0 aliphatic rings. The number of hydrogen-bond donors (Lipinski definition) is 7. The molecular weight excluding hydrogens is 436 g/mol. The van der Waals surface area contributed by atoms with Crippen LogP contribution in [0, 0.1) is 0 Å². The number of phenolic OH excluding ortho intramolecular Hbond substituents is 2. The Morgan fingerprint density at radius 2 is 1.74 bits per heavy atom. The van der Waals surface area contributed by atoms with Gasteiger partial charge in [-0.2, -0.15) is 0 Å². The van der Waals surface area contributed by atoms with E-state index >= 15 is 0 Å². The first kappa shape index (κ1) is 25.9. The number of carboxylic acids is 1. The van der Waals surface area contributed by atoms with Crippen molar-refractivity contribution in [2.45, 2.75) is 37.8 Å². The number of carbonyl (C=O) groups is 4. The van der Waals surface area contributed by atoms with E-state index in [1.165, 1.54) is 6.07 Å². The van der Waals surface area contributed by atoms with Crippen molar-refractivity contribution < 1.29 is 39.7 Å². The summed E-state index contributed by atoms with van der Waals surface area (Å²) in [4.78, 5) is 46.9. The smallest absolute Gasteiger partial charge is 0.326 e. The SMILES string of the molecule is NCCCC(NC(=O)c1ccc(Cl)c(O)c1O)C(=O)NC(CCCN(O)C=O)C(=O)O. The molecule has 13 heteroatoms. The number of hydrogen-bond acceptors (Lipinski definition) is 8. The molecule has 0 heterocycles. The number of nitrogens with two attached hydrogens (primary N) is 1. The Kier molecular flexibility index (Phi) is 10.5. The molecule has 0 saturated carbocycles. The molecule has 0 aromatic heterocycles. The molecule has 0 aliphatic heterocycles. The van der Waals surface area contributed by atoms with Crippen molar-refractivity contribution in [1.29, 1.82) is 0 Å². The Balaban J connectivity index is 2.90. The summed E-state index contributed by atoms with van der Waals surface area (Å²) in [6, 6.07) is -0.180. The maximum atomic E-state index is 12.6. The van der Waals surface area contributed by atoms with Crippen LogP contribution >= 0.6 is 11.6 Å². The van der Waals surface area contributed by atoms with Gasteiger partial charge in [0.15, 0.2) is 11.5 Å². The minimum atomic E-state index is -1.34. The summed E-state index contributed by atoms with van der Waals surface area (Å²) < 4.78 is 0. The number of nitrogens with one attached hydrogen (secondary N) is 2. The van der Waals surface area contributed by atoms with Gasteiger partial charge in [0.05, 0.1) is 10.6 Å². The highest BCUT2D eigenvalue weighted by Gasteiger charge is 2.27. The fourth-order valence-electron chi connectivity index (χ4n) is 2.60. The minimum Gasteiger partial charge on any atom is -0.504 e. The monoisotopic (exact) mass is 460 g/mol. The predicted molar refractivity (Wildman–Crippen MR) is 108 cm³/mol. The van der Waals surface area contributed by atoms with Gasteiger partial charge in [0.25, 0.3) is 5.91 Å². The Morgan fingerprint density at radius 1 is 1.10 bits per heavy atom. The number of halogens is 1. The van der Waals surface area contributed by atoms with Crippen LogP contribution in [0.1, 0.15) is 36.0 Å². The minimum absolute atomic E-state index is 0.0797. The van der Waals surface area contributed by atoms with E-state index in [2.05, 4.69) is 10.6 Å². The third-order valence-corrected chi connectivity index (χ3v) is 4.59. The van der Waals surface area contributed by atoms with Crippen LogP contribution in [0.2, 0.25) is 5.02 Å². The van der Waals surface area contributed by atoms with Crippen LogP contribution in [-0.2, 0) is 14.4 Å². The number of amides is 3. The highest BCUT2D eigenvalue weighted by atomic mass is 35.5. The number of nitrogens with zero attached hydrogens (tertiary/aromatic N) is 1. The molecule has 2 atom stereocenters.